The van der Waals surface area contributed by atoms with Crippen molar-refractivity contribution in [3.63, 3.8) is 0 Å². The zero-order valence-corrected chi connectivity index (χ0v) is 19.8. The van der Waals surface area contributed by atoms with E-state index in [4.69, 9.17) is 16.7 Å². The molecule has 9 heteroatoms. The molecule has 34 heavy (non-hydrogen) atoms. The third kappa shape index (κ3) is 4.69. The van der Waals surface area contributed by atoms with Crippen LogP contribution >= 0.6 is 23.4 Å². The lowest BCUT2D eigenvalue weighted by molar-refractivity contribution is -0.113. The monoisotopic (exact) mass is 488 g/mol. The number of allylic oxidation sites excluding steroid dienone is 1. The molecular weight excluding hydrogens is 468 g/mol. The summed E-state index contributed by atoms with van der Waals surface area (Å²) < 4.78 is 1.77. The normalized spacial score (nSPS) is 14.9. The number of anilines is 2. The van der Waals surface area contributed by atoms with Crippen LogP contribution in [-0.4, -0.2) is 25.7 Å². The molecule has 2 aromatic heterocycles. The Morgan fingerprint density at radius 1 is 1.12 bits per heavy atom. The Bertz CT molecular complexity index is 1340. The maximum atomic E-state index is 13.4. The van der Waals surface area contributed by atoms with E-state index in [1.165, 1.54) is 5.56 Å². The minimum atomic E-state index is -0.469. The SMILES string of the molecule is CC1=C(C(=O)Nc2cccnc2)[C@@H](c2ccc(Cl)cc2)n2nc(SCc3ccccc3)nc2N1. The summed E-state index contributed by atoms with van der Waals surface area (Å²) in [5, 5.41) is 12.2. The number of nitrogens with one attached hydrogen (secondary N) is 2. The molecule has 5 rings (SSSR count). The van der Waals surface area contributed by atoms with E-state index in [2.05, 4.69) is 32.7 Å². The maximum absolute atomic E-state index is 13.4. The molecule has 0 saturated carbocycles. The van der Waals surface area contributed by atoms with Crippen LogP contribution < -0.4 is 10.6 Å². The molecule has 0 saturated heterocycles. The zero-order valence-electron chi connectivity index (χ0n) is 18.3. The molecule has 1 atom stereocenters. The first kappa shape index (κ1) is 22.2. The number of aromatic nitrogens is 4. The number of pyridine rings is 1. The number of hydrogen-bond acceptors (Lipinski definition) is 6. The van der Waals surface area contributed by atoms with E-state index >= 15 is 0 Å². The molecule has 2 aromatic carbocycles. The van der Waals surface area contributed by atoms with Crippen molar-refractivity contribution in [2.24, 2.45) is 0 Å². The quantitative estimate of drug-likeness (QED) is 0.346. The first-order chi connectivity index (χ1) is 16.6. The molecule has 1 aliphatic heterocycles. The molecule has 170 valence electrons. The Kier molecular flexibility index (Phi) is 6.33. The number of hydrogen-bond donors (Lipinski definition) is 2. The Labute approximate surface area is 206 Å². The summed E-state index contributed by atoms with van der Waals surface area (Å²) in [5.74, 6) is 1.10. The largest absolute Gasteiger partial charge is 0.328 e. The number of thioether (sulfide) groups is 1. The first-order valence-corrected chi connectivity index (χ1v) is 12.0. The van der Waals surface area contributed by atoms with Gasteiger partial charge in [0.15, 0.2) is 0 Å². The molecule has 0 bridgehead atoms. The van der Waals surface area contributed by atoms with Gasteiger partial charge in [0.1, 0.15) is 6.04 Å². The summed E-state index contributed by atoms with van der Waals surface area (Å²) in [5.41, 5.74) is 3.94. The van der Waals surface area contributed by atoms with Crippen LogP contribution in [0.1, 0.15) is 24.1 Å². The van der Waals surface area contributed by atoms with Crippen LogP contribution in [0, 0.1) is 0 Å². The Morgan fingerprint density at radius 2 is 1.91 bits per heavy atom. The van der Waals surface area contributed by atoms with Crippen LogP contribution in [0.25, 0.3) is 0 Å². The molecule has 2 N–H and O–H groups in total. The average Bonchev–Trinajstić information content (AvgIpc) is 3.26. The van der Waals surface area contributed by atoms with Crippen LogP contribution in [0.15, 0.2) is 95.6 Å². The van der Waals surface area contributed by atoms with Crippen LogP contribution in [0.5, 0.6) is 0 Å². The fraction of sp³-hybridized carbons (Fsp3) is 0.120. The van der Waals surface area contributed by atoms with Crippen LogP contribution in [0.3, 0.4) is 0 Å². The lowest BCUT2D eigenvalue weighted by Crippen LogP contribution is -2.31. The van der Waals surface area contributed by atoms with Crippen molar-refractivity contribution < 1.29 is 4.79 Å². The predicted octanol–water partition coefficient (Wildman–Crippen LogP) is 5.55. The third-order valence-electron chi connectivity index (χ3n) is 5.39. The molecule has 0 fully saturated rings. The van der Waals surface area contributed by atoms with Crippen molar-refractivity contribution in [1.82, 2.24) is 19.7 Å². The van der Waals surface area contributed by atoms with Crippen molar-refractivity contribution in [2.75, 3.05) is 10.6 Å². The lowest BCUT2D eigenvalue weighted by atomic mass is 9.95. The summed E-state index contributed by atoms with van der Waals surface area (Å²) in [6, 6.07) is 20.7. The van der Waals surface area contributed by atoms with E-state index in [0.717, 1.165) is 11.3 Å². The fourth-order valence-corrected chi connectivity index (χ4v) is 4.71. The second-order valence-electron chi connectivity index (χ2n) is 7.75. The first-order valence-electron chi connectivity index (χ1n) is 10.7. The van der Waals surface area contributed by atoms with Gasteiger partial charge in [-0.25, -0.2) is 4.68 Å². The van der Waals surface area contributed by atoms with E-state index in [9.17, 15) is 4.79 Å². The van der Waals surface area contributed by atoms with Crippen LogP contribution in [-0.2, 0) is 10.5 Å². The molecule has 7 nitrogen and oxygen atoms in total. The highest BCUT2D eigenvalue weighted by atomic mass is 35.5. The number of carbonyl (C=O) groups is 1. The van der Waals surface area contributed by atoms with Crippen molar-refractivity contribution in [3.05, 3.63) is 107 Å². The van der Waals surface area contributed by atoms with Gasteiger partial charge in [-0.3, -0.25) is 9.78 Å². The van der Waals surface area contributed by atoms with Gasteiger partial charge in [-0.2, -0.15) is 4.98 Å². The van der Waals surface area contributed by atoms with Gasteiger partial charge in [0.2, 0.25) is 11.1 Å². The second-order valence-corrected chi connectivity index (χ2v) is 9.13. The standard InChI is InChI=1S/C25H21ClN6OS/c1-16-21(23(33)29-20-8-5-13-27-14-20)22(18-9-11-19(26)12-10-18)32-24(28-16)30-25(31-32)34-15-17-6-3-2-4-7-17/h2-14,22H,15H2,1H3,(H,29,33)(H,28,30,31)/t22-/m1/s1. The highest BCUT2D eigenvalue weighted by Crippen LogP contribution is 2.37. The maximum Gasteiger partial charge on any atom is 0.255 e. The van der Waals surface area contributed by atoms with E-state index in [1.807, 2.05) is 49.4 Å². The molecule has 0 radical (unpaired) electrons. The average molecular weight is 489 g/mol. The van der Waals surface area contributed by atoms with Crippen molar-refractivity contribution in [1.29, 1.82) is 0 Å². The number of carbonyl (C=O) groups excluding carboxylic acids is 1. The van der Waals surface area contributed by atoms with Gasteiger partial charge in [0.05, 0.1) is 17.5 Å². The molecule has 1 aliphatic rings. The van der Waals surface area contributed by atoms with Gasteiger partial charge in [0.25, 0.3) is 5.91 Å². The van der Waals surface area contributed by atoms with E-state index in [-0.39, 0.29) is 5.91 Å². The number of fused-ring (bicyclic) bond motifs is 1. The zero-order chi connectivity index (χ0) is 23.5. The number of amides is 1. The number of benzene rings is 2. The molecule has 4 aromatic rings. The molecule has 3 heterocycles. The summed E-state index contributed by atoms with van der Waals surface area (Å²) in [6.45, 7) is 1.87. The van der Waals surface area contributed by atoms with Gasteiger partial charge in [-0.15, -0.1) is 5.10 Å². The van der Waals surface area contributed by atoms with Gasteiger partial charge < -0.3 is 10.6 Å². The van der Waals surface area contributed by atoms with E-state index in [1.54, 1.807) is 41.0 Å². The highest BCUT2D eigenvalue weighted by molar-refractivity contribution is 7.98. The molecule has 0 spiro atoms. The lowest BCUT2D eigenvalue weighted by Gasteiger charge is -2.28. The Hall–Kier alpha value is -3.62. The highest BCUT2D eigenvalue weighted by Gasteiger charge is 2.34. The summed E-state index contributed by atoms with van der Waals surface area (Å²) >= 11 is 7.69. The molecular formula is C25H21ClN6OS. The number of rotatable bonds is 6. The van der Waals surface area contributed by atoms with E-state index in [0.29, 0.717) is 33.1 Å². The molecule has 0 unspecified atom stereocenters. The second kappa shape index (κ2) is 9.70. The minimum absolute atomic E-state index is 0.238. The molecule has 1 amide bonds. The van der Waals surface area contributed by atoms with Crippen LogP contribution in [0.4, 0.5) is 11.6 Å². The molecule has 0 aliphatic carbocycles. The smallest absolute Gasteiger partial charge is 0.255 e. The summed E-state index contributed by atoms with van der Waals surface area (Å²) in [6.07, 6.45) is 3.27. The van der Waals surface area contributed by atoms with Crippen molar-refractivity contribution in [3.8, 4) is 0 Å². The van der Waals surface area contributed by atoms with Crippen molar-refractivity contribution in [2.45, 2.75) is 23.9 Å². The summed E-state index contributed by atoms with van der Waals surface area (Å²) in [4.78, 5) is 22.2. The van der Waals surface area contributed by atoms with Gasteiger partial charge >= 0.3 is 0 Å². The number of halogens is 1. The van der Waals surface area contributed by atoms with Crippen LogP contribution in [0.2, 0.25) is 5.02 Å². The third-order valence-corrected chi connectivity index (χ3v) is 6.55. The predicted molar refractivity (Wildman–Crippen MR) is 135 cm³/mol. The minimum Gasteiger partial charge on any atom is -0.328 e. The number of nitrogens with zero attached hydrogens (tertiary/aromatic N) is 4. The Balaban J connectivity index is 1.49. The van der Waals surface area contributed by atoms with Gasteiger partial charge in [0, 0.05) is 22.7 Å². The van der Waals surface area contributed by atoms with Crippen molar-refractivity contribution >= 4 is 40.9 Å². The summed E-state index contributed by atoms with van der Waals surface area (Å²) in [7, 11) is 0. The fourth-order valence-electron chi connectivity index (χ4n) is 3.80. The van der Waals surface area contributed by atoms with E-state index < -0.39 is 6.04 Å². The van der Waals surface area contributed by atoms with Gasteiger partial charge in [-0.05, 0) is 42.3 Å². The topological polar surface area (TPSA) is 84.7 Å². The van der Waals surface area contributed by atoms with Gasteiger partial charge in [-0.1, -0.05) is 65.8 Å². The Morgan fingerprint density at radius 3 is 2.65 bits per heavy atom.